The van der Waals surface area contributed by atoms with Gasteiger partial charge in [-0.3, -0.25) is 0 Å². The Morgan fingerprint density at radius 3 is 2.08 bits per heavy atom. The van der Waals surface area contributed by atoms with E-state index in [1.807, 2.05) is 0 Å². The minimum Gasteiger partial charge on any atom is -0.103 e. The maximum absolute atomic E-state index is 3.24. The first-order valence-corrected chi connectivity index (χ1v) is 5.50. The van der Waals surface area contributed by atoms with Gasteiger partial charge < -0.3 is 0 Å². The van der Waals surface area contributed by atoms with Crippen molar-refractivity contribution < 1.29 is 0 Å². The molecule has 0 heterocycles. The number of hydrogen-bond acceptors (Lipinski definition) is 0. The van der Waals surface area contributed by atoms with Crippen LogP contribution in [0.2, 0.25) is 0 Å². The van der Waals surface area contributed by atoms with E-state index in [9.17, 15) is 0 Å². The molecule has 76 valence electrons. The molecule has 0 aliphatic heterocycles. The van der Waals surface area contributed by atoms with Crippen molar-refractivity contribution in [3.05, 3.63) is 0 Å². The summed E-state index contributed by atoms with van der Waals surface area (Å²) in [5.74, 6) is 8.63. The van der Waals surface area contributed by atoms with Crippen LogP contribution in [0.5, 0.6) is 0 Å². The minimum atomic E-state index is 0.528. The molecule has 0 amide bonds. The Morgan fingerprint density at radius 1 is 1.00 bits per heavy atom. The van der Waals surface area contributed by atoms with Gasteiger partial charge in [0.15, 0.2) is 0 Å². The first-order valence-electron chi connectivity index (χ1n) is 5.50. The lowest BCUT2D eigenvalue weighted by Gasteiger charge is -2.11. The van der Waals surface area contributed by atoms with Crippen molar-refractivity contribution in [2.24, 2.45) is 17.8 Å². The van der Waals surface area contributed by atoms with Gasteiger partial charge in [-0.15, -0.1) is 11.8 Å². The van der Waals surface area contributed by atoms with Crippen LogP contribution < -0.4 is 0 Å². The van der Waals surface area contributed by atoms with Gasteiger partial charge in [-0.05, 0) is 24.7 Å². The molecule has 1 atom stereocenters. The van der Waals surface area contributed by atoms with Gasteiger partial charge in [0.1, 0.15) is 0 Å². The Labute approximate surface area is 84.1 Å². The molecule has 0 spiro atoms. The average Bonchev–Trinajstić information content (AvgIpc) is 1.96. The van der Waals surface area contributed by atoms with Crippen molar-refractivity contribution >= 4 is 0 Å². The minimum absolute atomic E-state index is 0.528. The van der Waals surface area contributed by atoms with Crippen molar-refractivity contribution in [2.45, 2.75) is 53.9 Å². The SMILES string of the molecule is CC(C)C#CCC[C@@H](C)CC(C)C. The van der Waals surface area contributed by atoms with Crippen LogP contribution in [0, 0.1) is 29.6 Å². The first kappa shape index (κ1) is 12.6. The summed E-state index contributed by atoms with van der Waals surface area (Å²) < 4.78 is 0. The van der Waals surface area contributed by atoms with E-state index < -0.39 is 0 Å². The van der Waals surface area contributed by atoms with E-state index >= 15 is 0 Å². The fourth-order valence-corrected chi connectivity index (χ4v) is 1.52. The molecule has 0 bridgehead atoms. The van der Waals surface area contributed by atoms with Crippen LogP contribution in [0.25, 0.3) is 0 Å². The molecule has 0 heteroatoms. The molecular formula is C13H24. The molecular weight excluding hydrogens is 156 g/mol. The summed E-state index contributed by atoms with van der Waals surface area (Å²) in [6, 6.07) is 0. The van der Waals surface area contributed by atoms with Crippen LogP contribution in [0.15, 0.2) is 0 Å². The van der Waals surface area contributed by atoms with Crippen molar-refractivity contribution in [1.29, 1.82) is 0 Å². The molecule has 0 saturated heterocycles. The third-order valence-electron chi connectivity index (χ3n) is 2.03. The second-order valence-corrected chi connectivity index (χ2v) is 4.75. The van der Waals surface area contributed by atoms with Crippen LogP contribution in [0.3, 0.4) is 0 Å². The molecule has 0 radical (unpaired) electrons. The normalized spacial score (nSPS) is 12.8. The molecule has 0 aliphatic carbocycles. The van der Waals surface area contributed by atoms with E-state index in [-0.39, 0.29) is 0 Å². The second-order valence-electron chi connectivity index (χ2n) is 4.75. The predicted octanol–water partition coefficient (Wildman–Crippen LogP) is 4.11. The average molecular weight is 180 g/mol. The van der Waals surface area contributed by atoms with Crippen molar-refractivity contribution in [3.8, 4) is 11.8 Å². The van der Waals surface area contributed by atoms with Crippen molar-refractivity contribution in [1.82, 2.24) is 0 Å². The van der Waals surface area contributed by atoms with Crippen molar-refractivity contribution in [3.63, 3.8) is 0 Å². The van der Waals surface area contributed by atoms with Gasteiger partial charge in [-0.2, -0.15) is 0 Å². The summed E-state index contributed by atoms with van der Waals surface area (Å²) in [6.07, 6.45) is 3.67. The topological polar surface area (TPSA) is 0 Å². The first-order chi connectivity index (χ1) is 6.02. The Morgan fingerprint density at radius 2 is 1.62 bits per heavy atom. The van der Waals surface area contributed by atoms with Gasteiger partial charge >= 0.3 is 0 Å². The molecule has 0 aromatic rings. The van der Waals surface area contributed by atoms with E-state index in [4.69, 9.17) is 0 Å². The zero-order chi connectivity index (χ0) is 10.3. The van der Waals surface area contributed by atoms with Gasteiger partial charge in [0, 0.05) is 12.3 Å². The number of hydrogen-bond donors (Lipinski definition) is 0. The summed E-state index contributed by atoms with van der Waals surface area (Å²) in [5.41, 5.74) is 0. The monoisotopic (exact) mass is 180 g/mol. The Kier molecular flexibility index (Phi) is 6.77. The second kappa shape index (κ2) is 7.01. The maximum Gasteiger partial charge on any atom is 0.0146 e. The lowest BCUT2D eigenvalue weighted by Crippen LogP contribution is -1.99. The molecule has 0 fully saturated rings. The largest absolute Gasteiger partial charge is 0.103 e. The highest BCUT2D eigenvalue weighted by atomic mass is 14.1. The molecule has 0 unspecified atom stereocenters. The third-order valence-corrected chi connectivity index (χ3v) is 2.03. The smallest absolute Gasteiger partial charge is 0.0146 e. The van der Waals surface area contributed by atoms with Gasteiger partial charge in [-0.25, -0.2) is 0 Å². The van der Waals surface area contributed by atoms with Crippen LogP contribution in [-0.2, 0) is 0 Å². The maximum atomic E-state index is 3.24. The summed E-state index contributed by atoms with van der Waals surface area (Å²) in [5, 5.41) is 0. The Balaban J connectivity index is 3.49. The van der Waals surface area contributed by atoms with E-state index in [0.29, 0.717) is 5.92 Å². The van der Waals surface area contributed by atoms with Crippen LogP contribution >= 0.6 is 0 Å². The molecule has 0 rings (SSSR count). The zero-order valence-corrected chi connectivity index (χ0v) is 9.85. The molecule has 0 saturated carbocycles. The molecule has 13 heavy (non-hydrogen) atoms. The summed E-state index contributed by atoms with van der Waals surface area (Å²) in [7, 11) is 0. The quantitative estimate of drug-likeness (QED) is 0.571. The lowest BCUT2D eigenvalue weighted by molar-refractivity contribution is 0.419. The Bertz CT molecular complexity index is 166. The molecule has 0 N–H and O–H groups in total. The fourth-order valence-electron chi connectivity index (χ4n) is 1.52. The Hall–Kier alpha value is -0.440. The molecule has 0 aliphatic rings. The summed E-state index contributed by atoms with van der Waals surface area (Å²) in [6.45, 7) is 11.2. The number of rotatable bonds is 4. The highest BCUT2D eigenvalue weighted by Crippen LogP contribution is 2.15. The molecule has 0 aromatic heterocycles. The summed E-state index contributed by atoms with van der Waals surface area (Å²) in [4.78, 5) is 0. The van der Waals surface area contributed by atoms with E-state index in [0.717, 1.165) is 18.3 Å². The standard InChI is InChI=1S/C13H24/c1-11(2)8-6-7-9-13(5)10-12(3)4/h11-13H,7,9-10H2,1-5H3/t13-/m1/s1. The van der Waals surface area contributed by atoms with E-state index in [2.05, 4.69) is 46.5 Å². The van der Waals surface area contributed by atoms with Gasteiger partial charge in [0.2, 0.25) is 0 Å². The van der Waals surface area contributed by atoms with E-state index in [1.54, 1.807) is 0 Å². The van der Waals surface area contributed by atoms with Crippen LogP contribution in [0.1, 0.15) is 53.9 Å². The van der Waals surface area contributed by atoms with Gasteiger partial charge in [0.05, 0.1) is 0 Å². The predicted molar refractivity (Wildman–Crippen MR) is 60.5 cm³/mol. The zero-order valence-electron chi connectivity index (χ0n) is 9.85. The van der Waals surface area contributed by atoms with Crippen LogP contribution in [0.4, 0.5) is 0 Å². The molecule has 0 nitrogen and oxygen atoms in total. The highest BCUT2D eigenvalue weighted by Gasteiger charge is 2.03. The van der Waals surface area contributed by atoms with E-state index in [1.165, 1.54) is 12.8 Å². The van der Waals surface area contributed by atoms with Crippen LogP contribution in [-0.4, -0.2) is 0 Å². The van der Waals surface area contributed by atoms with Crippen molar-refractivity contribution in [2.75, 3.05) is 0 Å². The third kappa shape index (κ3) is 9.47. The lowest BCUT2D eigenvalue weighted by atomic mass is 9.95. The van der Waals surface area contributed by atoms with Gasteiger partial charge in [0.25, 0.3) is 0 Å². The molecule has 0 aromatic carbocycles. The fraction of sp³-hybridized carbons (Fsp3) is 0.846. The highest BCUT2D eigenvalue weighted by molar-refractivity contribution is 5.01. The summed E-state index contributed by atoms with van der Waals surface area (Å²) >= 11 is 0. The van der Waals surface area contributed by atoms with Gasteiger partial charge in [-0.1, -0.05) is 34.6 Å².